The zero-order chi connectivity index (χ0) is 20.5. The highest BCUT2D eigenvalue weighted by Crippen LogP contribution is 2.55. The van der Waals surface area contributed by atoms with Crippen molar-refractivity contribution in [3.63, 3.8) is 0 Å². The highest BCUT2D eigenvalue weighted by atomic mass is 32.1. The van der Waals surface area contributed by atoms with Gasteiger partial charge in [0.05, 0.1) is 17.2 Å². The Morgan fingerprint density at radius 1 is 1.10 bits per heavy atom. The number of ether oxygens (including phenoxy) is 3. The third-order valence-electron chi connectivity index (χ3n) is 6.03. The molecule has 1 atom stereocenters. The second kappa shape index (κ2) is 6.22. The minimum atomic E-state index is -0.871. The summed E-state index contributed by atoms with van der Waals surface area (Å²) in [6, 6.07) is 11.7. The number of amides is 1. The molecule has 0 saturated carbocycles. The van der Waals surface area contributed by atoms with Crippen LogP contribution in [0.4, 0.5) is 5.69 Å². The van der Waals surface area contributed by atoms with Crippen molar-refractivity contribution < 1.29 is 19.0 Å². The molecule has 6 nitrogen and oxygen atoms in total. The lowest BCUT2D eigenvalue weighted by Gasteiger charge is -2.22. The number of rotatable bonds is 3. The number of aromatic nitrogens is 1. The van der Waals surface area contributed by atoms with Crippen LogP contribution < -0.4 is 19.1 Å². The van der Waals surface area contributed by atoms with E-state index in [1.54, 1.807) is 11.3 Å². The van der Waals surface area contributed by atoms with E-state index >= 15 is 0 Å². The van der Waals surface area contributed by atoms with Crippen LogP contribution in [0.3, 0.4) is 0 Å². The third-order valence-corrected chi connectivity index (χ3v) is 7.22. The van der Waals surface area contributed by atoms with Gasteiger partial charge in [-0.25, -0.2) is 4.98 Å². The summed E-state index contributed by atoms with van der Waals surface area (Å²) in [4.78, 5) is 20.5. The Labute approximate surface area is 178 Å². The topological polar surface area (TPSA) is 60.9 Å². The molecule has 0 saturated heterocycles. The summed E-state index contributed by atoms with van der Waals surface area (Å²) in [5, 5.41) is 3.13. The summed E-state index contributed by atoms with van der Waals surface area (Å²) in [6.07, 6.45) is 0. The third kappa shape index (κ3) is 2.29. The van der Waals surface area contributed by atoms with E-state index in [2.05, 4.69) is 13.8 Å². The molecule has 3 aliphatic heterocycles. The molecule has 7 heteroatoms. The molecule has 4 heterocycles. The maximum Gasteiger partial charge on any atom is 0.246 e. The SMILES string of the molecule is CC(C)c1nc(CN2C(=O)C3(COc4cc5c(cc43)OCO5)c3ccccc32)cs1. The van der Waals surface area contributed by atoms with E-state index in [1.165, 1.54) is 0 Å². The van der Waals surface area contributed by atoms with Gasteiger partial charge in [0.2, 0.25) is 12.7 Å². The van der Waals surface area contributed by atoms with Crippen molar-refractivity contribution >= 4 is 22.9 Å². The van der Waals surface area contributed by atoms with E-state index in [4.69, 9.17) is 19.2 Å². The number of carbonyl (C=O) groups is 1. The molecule has 1 aromatic heterocycles. The molecule has 152 valence electrons. The van der Waals surface area contributed by atoms with Crippen molar-refractivity contribution in [2.45, 2.75) is 31.7 Å². The molecule has 0 fully saturated rings. The van der Waals surface area contributed by atoms with Crippen molar-refractivity contribution in [3.05, 3.63) is 63.6 Å². The molecule has 1 spiro atoms. The number of hydrogen-bond acceptors (Lipinski definition) is 6. The smallest absolute Gasteiger partial charge is 0.246 e. The van der Waals surface area contributed by atoms with Gasteiger partial charge in [0.15, 0.2) is 11.5 Å². The Balaban J connectivity index is 1.46. The number of hydrogen-bond donors (Lipinski definition) is 0. The maximum atomic E-state index is 13.9. The summed E-state index contributed by atoms with van der Waals surface area (Å²) in [5.74, 6) is 2.38. The number of para-hydroxylation sites is 1. The monoisotopic (exact) mass is 420 g/mol. The van der Waals surface area contributed by atoms with Crippen LogP contribution in [0, 0.1) is 0 Å². The number of thiazole rings is 1. The van der Waals surface area contributed by atoms with E-state index in [-0.39, 0.29) is 19.3 Å². The zero-order valence-corrected chi connectivity index (χ0v) is 17.5. The van der Waals surface area contributed by atoms with Crippen molar-refractivity contribution in [2.24, 2.45) is 0 Å². The highest BCUT2D eigenvalue weighted by Gasteiger charge is 2.57. The van der Waals surface area contributed by atoms with E-state index in [1.807, 2.05) is 46.7 Å². The Hall–Kier alpha value is -3.06. The minimum absolute atomic E-state index is 0.0143. The molecular formula is C23H20N2O4S. The summed E-state index contributed by atoms with van der Waals surface area (Å²) in [6.45, 7) is 5.16. The molecule has 3 aliphatic rings. The Morgan fingerprint density at radius 3 is 2.70 bits per heavy atom. The molecule has 0 aliphatic carbocycles. The Kier molecular flexibility index (Phi) is 3.68. The molecule has 0 bridgehead atoms. The summed E-state index contributed by atoms with van der Waals surface area (Å²) in [5.41, 5.74) is 2.76. The number of benzene rings is 2. The summed E-state index contributed by atoms with van der Waals surface area (Å²) in [7, 11) is 0. The molecule has 3 aromatic rings. The lowest BCUT2D eigenvalue weighted by atomic mass is 9.77. The zero-order valence-electron chi connectivity index (χ0n) is 16.7. The van der Waals surface area contributed by atoms with Crippen LogP contribution in [0.25, 0.3) is 0 Å². The first-order valence-corrected chi connectivity index (χ1v) is 10.9. The van der Waals surface area contributed by atoms with E-state index < -0.39 is 5.41 Å². The van der Waals surface area contributed by atoms with Gasteiger partial charge >= 0.3 is 0 Å². The van der Waals surface area contributed by atoms with E-state index in [0.717, 1.165) is 27.5 Å². The van der Waals surface area contributed by atoms with Crippen molar-refractivity contribution in [1.29, 1.82) is 0 Å². The van der Waals surface area contributed by atoms with E-state index in [0.29, 0.717) is 29.7 Å². The summed E-state index contributed by atoms with van der Waals surface area (Å²) >= 11 is 1.65. The first kappa shape index (κ1) is 17.8. The average Bonchev–Trinajstić information content (AvgIpc) is 3.51. The van der Waals surface area contributed by atoms with Gasteiger partial charge in [-0.15, -0.1) is 11.3 Å². The molecule has 2 aromatic carbocycles. The average molecular weight is 420 g/mol. The largest absolute Gasteiger partial charge is 0.491 e. The van der Waals surface area contributed by atoms with Crippen molar-refractivity contribution in [2.75, 3.05) is 18.3 Å². The molecule has 30 heavy (non-hydrogen) atoms. The second-order valence-electron chi connectivity index (χ2n) is 8.14. The van der Waals surface area contributed by atoms with Crippen LogP contribution in [-0.2, 0) is 16.8 Å². The van der Waals surface area contributed by atoms with Crippen molar-refractivity contribution in [3.8, 4) is 17.2 Å². The molecule has 6 rings (SSSR count). The van der Waals surface area contributed by atoms with Gasteiger partial charge in [0, 0.05) is 28.6 Å². The van der Waals surface area contributed by atoms with Gasteiger partial charge in [-0.3, -0.25) is 4.79 Å². The lowest BCUT2D eigenvalue weighted by molar-refractivity contribution is -0.122. The predicted octanol–water partition coefficient (Wildman–Crippen LogP) is 4.22. The van der Waals surface area contributed by atoms with Gasteiger partial charge < -0.3 is 19.1 Å². The standard InChI is InChI=1S/C23H20N2O4S/c1-13(2)21-24-14(10-30-21)9-25-17-6-4-3-5-15(17)23(22(25)26)11-27-18-8-20-19(7-16(18)23)28-12-29-20/h3-8,10,13H,9,11-12H2,1-2H3. The molecule has 0 radical (unpaired) electrons. The number of carbonyl (C=O) groups excluding carboxylic acids is 1. The van der Waals surface area contributed by atoms with Crippen LogP contribution in [0.15, 0.2) is 41.8 Å². The van der Waals surface area contributed by atoms with Gasteiger partial charge in [-0.2, -0.15) is 0 Å². The molecule has 1 amide bonds. The summed E-state index contributed by atoms with van der Waals surface area (Å²) < 4.78 is 17.1. The normalized spacial score (nSPS) is 20.8. The van der Waals surface area contributed by atoms with Gasteiger partial charge in [0.1, 0.15) is 17.8 Å². The number of nitrogens with zero attached hydrogens (tertiary/aromatic N) is 2. The fraction of sp³-hybridized carbons (Fsp3) is 0.304. The maximum absolute atomic E-state index is 13.9. The molecule has 1 unspecified atom stereocenters. The Morgan fingerprint density at radius 2 is 1.90 bits per heavy atom. The minimum Gasteiger partial charge on any atom is -0.491 e. The highest BCUT2D eigenvalue weighted by molar-refractivity contribution is 7.09. The predicted molar refractivity (Wildman–Crippen MR) is 113 cm³/mol. The van der Waals surface area contributed by atoms with Gasteiger partial charge in [-0.05, 0) is 17.7 Å². The van der Waals surface area contributed by atoms with Crippen LogP contribution in [0.2, 0.25) is 0 Å². The first-order valence-electron chi connectivity index (χ1n) is 10.0. The van der Waals surface area contributed by atoms with Gasteiger partial charge in [-0.1, -0.05) is 32.0 Å². The van der Waals surface area contributed by atoms with E-state index in [9.17, 15) is 4.79 Å². The molecule has 0 N–H and O–H groups in total. The number of fused-ring (bicyclic) bond motifs is 5. The second-order valence-corrected chi connectivity index (χ2v) is 9.03. The van der Waals surface area contributed by atoms with Crippen LogP contribution in [-0.4, -0.2) is 24.3 Å². The molecular weight excluding hydrogens is 400 g/mol. The van der Waals surface area contributed by atoms with Crippen LogP contribution in [0.1, 0.15) is 41.6 Å². The first-order chi connectivity index (χ1) is 14.6. The number of anilines is 1. The van der Waals surface area contributed by atoms with Gasteiger partial charge in [0.25, 0.3) is 0 Å². The van der Waals surface area contributed by atoms with Crippen LogP contribution >= 0.6 is 11.3 Å². The fourth-order valence-corrected chi connectivity index (χ4v) is 5.37. The quantitative estimate of drug-likeness (QED) is 0.635. The fourth-order valence-electron chi connectivity index (χ4n) is 4.54. The lowest BCUT2D eigenvalue weighted by Crippen LogP contribution is -2.42. The Bertz CT molecular complexity index is 1190. The van der Waals surface area contributed by atoms with Crippen molar-refractivity contribution in [1.82, 2.24) is 4.98 Å². The van der Waals surface area contributed by atoms with Crippen LogP contribution in [0.5, 0.6) is 17.2 Å².